The van der Waals surface area contributed by atoms with Gasteiger partial charge in [-0.3, -0.25) is 4.79 Å². The van der Waals surface area contributed by atoms with Crippen molar-refractivity contribution in [3.05, 3.63) is 58.7 Å². The van der Waals surface area contributed by atoms with Crippen molar-refractivity contribution in [1.82, 2.24) is 9.55 Å². The molecule has 1 aromatic carbocycles. The lowest BCUT2D eigenvalue weighted by Gasteiger charge is -2.08. The second-order valence-electron chi connectivity index (χ2n) is 5.42. The zero-order valence-electron chi connectivity index (χ0n) is 13.5. The van der Waals surface area contributed by atoms with E-state index in [0.717, 1.165) is 34.1 Å². The van der Waals surface area contributed by atoms with Crippen molar-refractivity contribution in [2.75, 3.05) is 5.32 Å². The van der Waals surface area contributed by atoms with Crippen molar-refractivity contribution in [2.45, 2.75) is 20.3 Å². The number of carbonyl (C=O) groups is 1. The van der Waals surface area contributed by atoms with Gasteiger partial charge >= 0.3 is 0 Å². The Balaban J connectivity index is 1.83. The summed E-state index contributed by atoms with van der Waals surface area (Å²) < 4.78 is 2.08. The standard InChI is InChI=1S/C18H19N3OS/c1-4-13-7-5-6-8-14(13)19-17(22)15-11-23-18(20-15)16-10-9-12(2)21(16)3/h5-11H,4H2,1-3H3,(H,19,22). The van der Waals surface area contributed by atoms with Crippen LogP contribution in [0.3, 0.4) is 0 Å². The zero-order chi connectivity index (χ0) is 16.4. The molecule has 118 valence electrons. The van der Waals surface area contributed by atoms with Crippen LogP contribution in [-0.2, 0) is 13.5 Å². The van der Waals surface area contributed by atoms with Gasteiger partial charge in [-0.15, -0.1) is 11.3 Å². The molecule has 3 rings (SSSR count). The molecule has 0 unspecified atom stereocenters. The summed E-state index contributed by atoms with van der Waals surface area (Å²) in [5.41, 5.74) is 4.62. The van der Waals surface area contributed by atoms with E-state index in [1.165, 1.54) is 11.3 Å². The van der Waals surface area contributed by atoms with Crippen molar-refractivity contribution in [3.63, 3.8) is 0 Å². The number of hydrogen-bond acceptors (Lipinski definition) is 3. The van der Waals surface area contributed by atoms with Gasteiger partial charge in [0.25, 0.3) is 5.91 Å². The van der Waals surface area contributed by atoms with Crippen LogP contribution in [0, 0.1) is 6.92 Å². The minimum atomic E-state index is -0.167. The molecule has 0 radical (unpaired) electrons. The normalized spacial score (nSPS) is 10.7. The zero-order valence-corrected chi connectivity index (χ0v) is 14.3. The first-order valence-corrected chi connectivity index (χ1v) is 8.45. The Kier molecular flexibility index (Phi) is 4.30. The first-order valence-electron chi connectivity index (χ1n) is 7.57. The Labute approximate surface area is 139 Å². The van der Waals surface area contributed by atoms with Gasteiger partial charge in [0, 0.05) is 23.8 Å². The van der Waals surface area contributed by atoms with Crippen molar-refractivity contribution in [1.29, 1.82) is 0 Å². The largest absolute Gasteiger partial charge is 0.346 e. The van der Waals surface area contributed by atoms with E-state index < -0.39 is 0 Å². The molecule has 0 aliphatic carbocycles. The van der Waals surface area contributed by atoms with Crippen LogP contribution in [0.15, 0.2) is 41.8 Å². The van der Waals surface area contributed by atoms with Gasteiger partial charge in [0.2, 0.25) is 0 Å². The number of anilines is 1. The number of nitrogens with one attached hydrogen (secondary N) is 1. The minimum Gasteiger partial charge on any atom is -0.346 e. The van der Waals surface area contributed by atoms with Crippen molar-refractivity contribution < 1.29 is 4.79 Å². The number of thiazole rings is 1. The van der Waals surface area contributed by atoms with E-state index in [4.69, 9.17) is 0 Å². The molecule has 2 heterocycles. The van der Waals surface area contributed by atoms with E-state index in [9.17, 15) is 4.79 Å². The second kappa shape index (κ2) is 6.38. The molecule has 1 N–H and O–H groups in total. The fraction of sp³-hybridized carbons (Fsp3) is 0.222. The highest BCUT2D eigenvalue weighted by Gasteiger charge is 2.15. The summed E-state index contributed by atoms with van der Waals surface area (Å²) >= 11 is 1.49. The Bertz CT molecular complexity index is 848. The predicted molar refractivity (Wildman–Crippen MR) is 95.0 cm³/mol. The molecule has 0 atom stereocenters. The van der Waals surface area contributed by atoms with Crippen LogP contribution in [0.5, 0.6) is 0 Å². The lowest BCUT2D eigenvalue weighted by molar-refractivity contribution is 0.102. The summed E-state index contributed by atoms with van der Waals surface area (Å²) in [4.78, 5) is 16.9. The van der Waals surface area contributed by atoms with Crippen molar-refractivity contribution >= 4 is 22.9 Å². The molecule has 2 aromatic heterocycles. The maximum absolute atomic E-state index is 12.4. The van der Waals surface area contributed by atoms with E-state index in [1.807, 2.05) is 55.7 Å². The van der Waals surface area contributed by atoms with Crippen LogP contribution in [0.4, 0.5) is 5.69 Å². The Hall–Kier alpha value is -2.40. The first kappa shape index (κ1) is 15.5. The lowest BCUT2D eigenvalue weighted by Crippen LogP contribution is -2.13. The summed E-state index contributed by atoms with van der Waals surface area (Å²) in [7, 11) is 2.00. The van der Waals surface area contributed by atoms with E-state index in [1.54, 1.807) is 0 Å². The van der Waals surface area contributed by atoms with E-state index in [2.05, 4.69) is 21.8 Å². The van der Waals surface area contributed by atoms with Crippen molar-refractivity contribution in [2.24, 2.45) is 7.05 Å². The minimum absolute atomic E-state index is 0.167. The fourth-order valence-electron chi connectivity index (χ4n) is 2.46. The number of carbonyl (C=O) groups excluding carboxylic acids is 1. The number of para-hydroxylation sites is 1. The molecule has 23 heavy (non-hydrogen) atoms. The topological polar surface area (TPSA) is 46.9 Å². The highest BCUT2D eigenvalue weighted by atomic mass is 32.1. The Morgan fingerprint density at radius 1 is 1.26 bits per heavy atom. The first-order chi connectivity index (χ1) is 11.1. The summed E-state index contributed by atoms with van der Waals surface area (Å²) in [5, 5.41) is 5.62. The summed E-state index contributed by atoms with van der Waals surface area (Å²) in [6.45, 7) is 4.12. The van der Waals surface area contributed by atoms with Gasteiger partial charge in [-0.2, -0.15) is 0 Å². The molecule has 3 aromatic rings. The molecule has 0 aliphatic heterocycles. The molecule has 0 saturated carbocycles. The Morgan fingerprint density at radius 3 is 2.74 bits per heavy atom. The highest BCUT2D eigenvalue weighted by molar-refractivity contribution is 7.13. The molecular weight excluding hydrogens is 306 g/mol. The summed E-state index contributed by atoms with van der Waals surface area (Å²) in [5.74, 6) is -0.167. The molecule has 0 bridgehead atoms. The molecule has 1 amide bonds. The lowest BCUT2D eigenvalue weighted by atomic mass is 10.1. The maximum atomic E-state index is 12.4. The van der Waals surface area contributed by atoms with Gasteiger partial charge in [0.15, 0.2) is 0 Å². The number of nitrogens with zero attached hydrogens (tertiary/aromatic N) is 2. The molecule has 4 nitrogen and oxygen atoms in total. The Morgan fingerprint density at radius 2 is 2.04 bits per heavy atom. The van der Waals surface area contributed by atoms with E-state index in [-0.39, 0.29) is 5.91 Å². The average Bonchev–Trinajstić information content (AvgIpc) is 3.16. The SMILES string of the molecule is CCc1ccccc1NC(=O)c1csc(-c2ccc(C)n2C)n1. The number of aryl methyl sites for hydroxylation is 2. The third-order valence-corrected chi connectivity index (χ3v) is 4.84. The smallest absolute Gasteiger partial charge is 0.275 e. The van der Waals surface area contributed by atoms with Gasteiger partial charge in [-0.25, -0.2) is 4.98 Å². The molecule has 5 heteroatoms. The summed E-state index contributed by atoms with van der Waals surface area (Å²) in [6, 6.07) is 11.9. The quantitative estimate of drug-likeness (QED) is 0.778. The predicted octanol–water partition coefficient (Wildman–Crippen LogP) is 4.27. The van der Waals surface area contributed by atoms with Crippen LogP contribution in [0.25, 0.3) is 10.7 Å². The van der Waals surface area contributed by atoms with Crippen LogP contribution in [-0.4, -0.2) is 15.5 Å². The molecule has 0 spiro atoms. The molecule has 0 fully saturated rings. The number of rotatable bonds is 4. The molecular formula is C18H19N3OS. The van der Waals surface area contributed by atoms with Crippen LogP contribution >= 0.6 is 11.3 Å². The number of amides is 1. The summed E-state index contributed by atoms with van der Waals surface area (Å²) in [6.07, 6.45) is 0.876. The number of benzene rings is 1. The monoisotopic (exact) mass is 325 g/mol. The molecule has 0 saturated heterocycles. The molecule has 0 aliphatic rings. The maximum Gasteiger partial charge on any atom is 0.275 e. The fourth-order valence-corrected chi connectivity index (χ4v) is 3.32. The third kappa shape index (κ3) is 3.05. The van der Waals surface area contributed by atoms with Crippen LogP contribution < -0.4 is 5.32 Å². The average molecular weight is 325 g/mol. The highest BCUT2D eigenvalue weighted by Crippen LogP contribution is 2.26. The van der Waals surface area contributed by atoms with Gasteiger partial charge in [0.1, 0.15) is 10.7 Å². The van der Waals surface area contributed by atoms with Gasteiger partial charge in [-0.1, -0.05) is 25.1 Å². The van der Waals surface area contributed by atoms with Gasteiger partial charge < -0.3 is 9.88 Å². The van der Waals surface area contributed by atoms with Gasteiger partial charge in [0.05, 0.1) is 5.69 Å². The van der Waals surface area contributed by atoms with Gasteiger partial charge in [-0.05, 0) is 37.1 Å². The van der Waals surface area contributed by atoms with Crippen molar-refractivity contribution in [3.8, 4) is 10.7 Å². The number of aromatic nitrogens is 2. The van der Waals surface area contributed by atoms with Crippen LogP contribution in [0.1, 0.15) is 28.7 Å². The number of hydrogen-bond donors (Lipinski definition) is 1. The van der Waals surface area contributed by atoms with E-state index >= 15 is 0 Å². The van der Waals surface area contributed by atoms with E-state index in [0.29, 0.717) is 5.69 Å². The van der Waals surface area contributed by atoms with Crippen LogP contribution in [0.2, 0.25) is 0 Å². The second-order valence-corrected chi connectivity index (χ2v) is 6.28. The third-order valence-electron chi connectivity index (χ3n) is 3.98.